The molecule has 0 bridgehead atoms. The van der Waals surface area contributed by atoms with Gasteiger partial charge in [-0.2, -0.15) is 0 Å². The Labute approximate surface area is 202 Å². The predicted octanol–water partition coefficient (Wildman–Crippen LogP) is 7.13. The van der Waals surface area contributed by atoms with Crippen molar-refractivity contribution in [3.63, 3.8) is 0 Å². The summed E-state index contributed by atoms with van der Waals surface area (Å²) >= 11 is 22.2. The molecule has 1 aliphatic heterocycles. The summed E-state index contributed by atoms with van der Waals surface area (Å²) in [6.45, 7) is 6.37. The van der Waals surface area contributed by atoms with Crippen LogP contribution in [0.4, 0.5) is 5.69 Å². The van der Waals surface area contributed by atoms with Gasteiger partial charge in [0.2, 0.25) is 0 Å². The van der Waals surface area contributed by atoms with Crippen LogP contribution >= 0.6 is 63.1 Å². The van der Waals surface area contributed by atoms with Crippen LogP contribution in [0.1, 0.15) is 12.5 Å². The van der Waals surface area contributed by atoms with Crippen molar-refractivity contribution in [3.05, 3.63) is 68.0 Å². The van der Waals surface area contributed by atoms with Crippen molar-refractivity contribution in [1.29, 1.82) is 0 Å². The molecule has 0 N–H and O–H groups in total. The summed E-state index contributed by atoms with van der Waals surface area (Å²) in [6, 6.07) is 8.63. The van der Waals surface area contributed by atoms with Crippen LogP contribution in [0, 0.1) is 0 Å². The highest BCUT2D eigenvalue weighted by atomic mass is 79.9. The number of hydrogen-bond acceptors (Lipinski definition) is 5. The number of ether oxygens (including phenoxy) is 2. The van der Waals surface area contributed by atoms with E-state index in [1.54, 1.807) is 30.4 Å². The Morgan fingerprint density at radius 1 is 1.23 bits per heavy atom. The summed E-state index contributed by atoms with van der Waals surface area (Å²) in [6.07, 6.45) is 3.42. The standard InChI is InChI=1S/C21H16BrCl2NO3S2/c1-3-7-28-19-14(22)8-12(9-17(19)27-4-2)10-18-20(26)25(21(29)30-18)13-5-6-15(23)16(24)11-13/h3,5-6,8-11H,1,4,7H2,2H3/b18-10-. The van der Waals surface area contributed by atoms with E-state index >= 15 is 0 Å². The lowest BCUT2D eigenvalue weighted by Crippen LogP contribution is -2.27. The zero-order valence-corrected chi connectivity index (χ0v) is 20.5. The number of amides is 1. The second-order valence-electron chi connectivity index (χ2n) is 5.98. The molecule has 156 valence electrons. The van der Waals surface area contributed by atoms with Crippen molar-refractivity contribution in [2.45, 2.75) is 6.92 Å². The van der Waals surface area contributed by atoms with Gasteiger partial charge in [0, 0.05) is 0 Å². The van der Waals surface area contributed by atoms with E-state index in [4.69, 9.17) is 44.9 Å². The molecule has 0 radical (unpaired) electrons. The SMILES string of the molecule is C=CCOc1c(Br)cc(/C=C2\SC(=S)N(c3ccc(Cl)c(Cl)c3)C2=O)cc1OCC. The van der Waals surface area contributed by atoms with Crippen LogP contribution in [0.2, 0.25) is 10.0 Å². The molecule has 1 fully saturated rings. The van der Waals surface area contributed by atoms with E-state index in [1.807, 2.05) is 19.1 Å². The molecular weight excluding hydrogens is 529 g/mol. The maximum Gasteiger partial charge on any atom is 0.270 e. The quantitative estimate of drug-likeness (QED) is 0.211. The minimum Gasteiger partial charge on any atom is -0.490 e. The van der Waals surface area contributed by atoms with Gasteiger partial charge in [0.05, 0.1) is 31.7 Å². The zero-order valence-electron chi connectivity index (χ0n) is 15.8. The van der Waals surface area contributed by atoms with Gasteiger partial charge in [-0.15, -0.1) is 0 Å². The van der Waals surface area contributed by atoms with Crippen molar-refractivity contribution in [2.24, 2.45) is 0 Å². The number of hydrogen-bond donors (Lipinski definition) is 0. The summed E-state index contributed by atoms with van der Waals surface area (Å²) < 4.78 is 12.5. The lowest BCUT2D eigenvalue weighted by molar-refractivity contribution is -0.113. The van der Waals surface area contributed by atoms with E-state index in [9.17, 15) is 4.79 Å². The van der Waals surface area contributed by atoms with Crippen LogP contribution in [0.5, 0.6) is 11.5 Å². The average Bonchev–Trinajstić information content (AvgIpc) is 2.97. The summed E-state index contributed by atoms with van der Waals surface area (Å²) in [7, 11) is 0. The Balaban J connectivity index is 1.94. The molecule has 0 aromatic heterocycles. The molecule has 0 aliphatic carbocycles. The molecule has 4 nitrogen and oxygen atoms in total. The Morgan fingerprint density at radius 2 is 2.00 bits per heavy atom. The molecular formula is C21H16BrCl2NO3S2. The zero-order chi connectivity index (χ0) is 21.8. The second kappa shape index (κ2) is 10.2. The molecule has 0 unspecified atom stereocenters. The topological polar surface area (TPSA) is 38.8 Å². The molecule has 1 aliphatic rings. The van der Waals surface area contributed by atoms with E-state index in [1.165, 1.54) is 16.7 Å². The third-order valence-corrected chi connectivity index (χ3v) is 6.56. The van der Waals surface area contributed by atoms with Crippen molar-refractivity contribution < 1.29 is 14.3 Å². The van der Waals surface area contributed by atoms with E-state index in [0.29, 0.717) is 54.1 Å². The monoisotopic (exact) mass is 543 g/mol. The number of rotatable bonds is 7. The number of halogens is 3. The lowest BCUT2D eigenvalue weighted by Gasteiger charge is -2.15. The van der Waals surface area contributed by atoms with Crippen LogP contribution in [0.25, 0.3) is 6.08 Å². The number of anilines is 1. The molecule has 0 atom stereocenters. The third kappa shape index (κ3) is 5.03. The van der Waals surface area contributed by atoms with Crippen molar-refractivity contribution in [2.75, 3.05) is 18.1 Å². The first-order valence-corrected chi connectivity index (χ1v) is 11.6. The molecule has 0 saturated carbocycles. The van der Waals surface area contributed by atoms with E-state index in [0.717, 1.165) is 5.56 Å². The summed E-state index contributed by atoms with van der Waals surface area (Å²) in [5, 5.41) is 0.765. The minimum absolute atomic E-state index is 0.232. The van der Waals surface area contributed by atoms with E-state index in [2.05, 4.69) is 22.5 Å². The maximum atomic E-state index is 13.0. The summed E-state index contributed by atoms with van der Waals surface area (Å²) in [4.78, 5) is 14.9. The summed E-state index contributed by atoms with van der Waals surface area (Å²) in [5.41, 5.74) is 1.34. The smallest absolute Gasteiger partial charge is 0.270 e. The molecule has 1 amide bonds. The average molecular weight is 545 g/mol. The van der Waals surface area contributed by atoms with Crippen molar-refractivity contribution >= 4 is 85.1 Å². The number of thiocarbonyl (C=S) groups is 1. The first kappa shape index (κ1) is 23.2. The minimum atomic E-state index is -0.232. The normalized spacial score (nSPS) is 15.1. The molecule has 2 aromatic rings. The van der Waals surface area contributed by atoms with E-state index < -0.39 is 0 Å². The predicted molar refractivity (Wildman–Crippen MR) is 133 cm³/mol. The van der Waals surface area contributed by atoms with Gasteiger partial charge in [-0.1, -0.05) is 59.8 Å². The van der Waals surface area contributed by atoms with Crippen LogP contribution in [-0.2, 0) is 4.79 Å². The fourth-order valence-electron chi connectivity index (χ4n) is 2.68. The Morgan fingerprint density at radius 3 is 2.67 bits per heavy atom. The van der Waals surface area contributed by atoms with Gasteiger partial charge >= 0.3 is 0 Å². The van der Waals surface area contributed by atoms with E-state index in [-0.39, 0.29) is 5.91 Å². The lowest BCUT2D eigenvalue weighted by atomic mass is 10.1. The van der Waals surface area contributed by atoms with Crippen LogP contribution in [0.3, 0.4) is 0 Å². The molecule has 1 saturated heterocycles. The number of thioether (sulfide) groups is 1. The molecule has 0 spiro atoms. The third-order valence-electron chi connectivity index (χ3n) is 3.93. The second-order valence-corrected chi connectivity index (χ2v) is 9.32. The highest BCUT2D eigenvalue weighted by Gasteiger charge is 2.33. The van der Waals surface area contributed by atoms with Gasteiger partial charge in [0.15, 0.2) is 15.8 Å². The van der Waals surface area contributed by atoms with Gasteiger partial charge < -0.3 is 9.47 Å². The Hall–Kier alpha value is -1.51. The van der Waals surface area contributed by atoms with Crippen molar-refractivity contribution in [1.82, 2.24) is 0 Å². The molecule has 3 rings (SSSR count). The van der Waals surface area contributed by atoms with Gasteiger partial charge in [-0.3, -0.25) is 9.69 Å². The number of benzene rings is 2. The molecule has 1 heterocycles. The van der Waals surface area contributed by atoms with Gasteiger partial charge in [0.25, 0.3) is 5.91 Å². The first-order chi connectivity index (χ1) is 14.3. The number of nitrogens with zero attached hydrogens (tertiary/aromatic N) is 1. The van der Waals surface area contributed by atoms with Crippen LogP contribution in [-0.4, -0.2) is 23.4 Å². The largest absolute Gasteiger partial charge is 0.490 e. The highest BCUT2D eigenvalue weighted by molar-refractivity contribution is 9.10. The fraction of sp³-hybridized carbons (Fsp3) is 0.143. The maximum absolute atomic E-state index is 13.0. The number of carbonyl (C=O) groups is 1. The number of carbonyl (C=O) groups excluding carboxylic acids is 1. The molecule has 30 heavy (non-hydrogen) atoms. The van der Waals surface area contributed by atoms with Gasteiger partial charge in [-0.25, -0.2) is 0 Å². The highest BCUT2D eigenvalue weighted by Crippen LogP contribution is 2.41. The first-order valence-electron chi connectivity index (χ1n) is 8.78. The molecule has 9 heteroatoms. The Kier molecular flexibility index (Phi) is 7.87. The fourth-order valence-corrected chi connectivity index (χ4v) is 4.85. The van der Waals surface area contributed by atoms with Gasteiger partial charge in [-0.05, 0) is 64.8 Å². The molecule has 2 aromatic carbocycles. The Bertz CT molecular complexity index is 1060. The van der Waals surface area contributed by atoms with Crippen LogP contribution < -0.4 is 14.4 Å². The van der Waals surface area contributed by atoms with Gasteiger partial charge in [0.1, 0.15) is 6.61 Å². The summed E-state index contributed by atoms with van der Waals surface area (Å²) in [5.74, 6) is 0.918. The van der Waals surface area contributed by atoms with Crippen LogP contribution in [0.15, 0.2) is 52.4 Å². The van der Waals surface area contributed by atoms with Crippen molar-refractivity contribution in [3.8, 4) is 11.5 Å².